The minimum atomic E-state index is -0.966. The van der Waals surface area contributed by atoms with Crippen molar-refractivity contribution in [1.29, 1.82) is 0 Å². The van der Waals surface area contributed by atoms with Crippen LogP contribution in [0.2, 0.25) is 0 Å². The van der Waals surface area contributed by atoms with Crippen LogP contribution >= 0.6 is 0 Å². The molecule has 0 rings (SSSR count). The molecule has 0 heterocycles. The number of likely N-dealkylation sites (N-methyl/N-ethyl adjacent to an activating group) is 1. The highest BCUT2D eigenvalue weighted by Crippen LogP contribution is 2.03. The smallest absolute Gasteiger partial charge is 0.312 e. The van der Waals surface area contributed by atoms with E-state index in [0.29, 0.717) is 6.54 Å². The average Bonchev–Trinajstić information content (AvgIpc) is 2.23. The molecule has 2 unspecified atom stereocenters. The summed E-state index contributed by atoms with van der Waals surface area (Å²) < 4.78 is 0. The van der Waals surface area contributed by atoms with E-state index in [-0.39, 0.29) is 12.5 Å². The number of primary amides is 1. The van der Waals surface area contributed by atoms with Crippen molar-refractivity contribution in [1.82, 2.24) is 10.2 Å². The topological polar surface area (TPSA) is 113 Å². The fourth-order valence-corrected chi connectivity index (χ4v) is 1.33. The van der Waals surface area contributed by atoms with Crippen LogP contribution in [0.3, 0.4) is 0 Å². The number of urea groups is 1. The first kappa shape index (κ1) is 15.2. The molecule has 0 saturated heterocycles. The van der Waals surface area contributed by atoms with Crippen LogP contribution in [0.4, 0.5) is 4.79 Å². The van der Waals surface area contributed by atoms with Crippen molar-refractivity contribution in [2.24, 2.45) is 11.7 Å². The standard InChI is InChI=1S/C10H19N3O4/c1-4-13(5-6(2)9(15)16)8(14)7(3)12-10(11)17/h6-7H,4-5H2,1-3H3,(H,15,16)(H3,11,12,17). The van der Waals surface area contributed by atoms with Gasteiger partial charge in [-0.15, -0.1) is 0 Å². The van der Waals surface area contributed by atoms with E-state index in [1.165, 1.54) is 18.7 Å². The summed E-state index contributed by atoms with van der Waals surface area (Å²) in [6.07, 6.45) is 0. The van der Waals surface area contributed by atoms with Gasteiger partial charge in [0.2, 0.25) is 5.91 Å². The summed E-state index contributed by atoms with van der Waals surface area (Å²) in [6.45, 7) is 5.24. The summed E-state index contributed by atoms with van der Waals surface area (Å²) in [5, 5.41) is 11.0. The first-order valence-corrected chi connectivity index (χ1v) is 5.37. The predicted octanol–water partition coefficient (Wildman–Crippen LogP) is -0.388. The molecular formula is C10H19N3O4. The molecule has 0 aromatic carbocycles. The maximum absolute atomic E-state index is 11.8. The number of carboxylic acids is 1. The molecule has 0 fully saturated rings. The van der Waals surface area contributed by atoms with Crippen molar-refractivity contribution >= 4 is 17.9 Å². The minimum absolute atomic E-state index is 0.107. The normalized spacial score (nSPS) is 13.6. The number of nitrogens with one attached hydrogen (secondary N) is 1. The molecule has 98 valence electrons. The third kappa shape index (κ3) is 5.19. The number of carboxylic acid groups (broad SMARTS) is 1. The van der Waals surface area contributed by atoms with Gasteiger partial charge in [0.25, 0.3) is 0 Å². The molecule has 0 bridgehead atoms. The lowest BCUT2D eigenvalue weighted by atomic mass is 10.1. The van der Waals surface area contributed by atoms with Crippen LogP contribution in [0.25, 0.3) is 0 Å². The Kier molecular flexibility index (Phi) is 6.01. The van der Waals surface area contributed by atoms with Crippen LogP contribution in [0, 0.1) is 5.92 Å². The van der Waals surface area contributed by atoms with Gasteiger partial charge in [-0.05, 0) is 13.8 Å². The molecule has 0 spiro atoms. The van der Waals surface area contributed by atoms with E-state index in [0.717, 1.165) is 0 Å². The minimum Gasteiger partial charge on any atom is -0.481 e. The van der Waals surface area contributed by atoms with Crippen LogP contribution < -0.4 is 11.1 Å². The molecule has 0 aromatic rings. The second kappa shape index (κ2) is 6.72. The van der Waals surface area contributed by atoms with Gasteiger partial charge in [0.05, 0.1) is 5.92 Å². The number of rotatable bonds is 6. The van der Waals surface area contributed by atoms with E-state index in [9.17, 15) is 14.4 Å². The second-order valence-corrected chi connectivity index (χ2v) is 3.85. The Balaban J connectivity index is 4.49. The molecule has 2 atom stereocenters. The van der Waals surface area contributed by atoms with Gasteiger partial charge in [-0.25, -0.2) is 4.79 Å². The zero-order valence-corrected chi connectivity index (χ0v) is 10.3. The maximum Gasteiger partial charge on any atom is 0.312 e. The lowest BCUT2D eigenvalue weighted by Crippen LogP contribution is -2.49. The highest BCUT2D eigenvalue weighted by Gasteiger charge is 2.23. The lowest BCUT2D eigenvalue weighted by Gasteiger charge is -2.26. The zero-order chi connectivity index (χ0) is 13.6. The number of nitrogens with zero attached hydrogens (tertiary/aromatic N) is 1. The van der Waals surface area contributed by atoms with Crippen LogP contribution in [0.15, 0.2) is 0 Å². The summed E-state index contributed by atoms with van der Waals surface area (Å²) in [7, 11) is 0. The first-order valence-electron chi connectivity index (χ1n) is 5.37. The van der Waals surface area contributed by atoms with Gasteiger partial charge in [0.1, 0.15) is 6.04 Å². The third-order valence-corrected chi connectivity index (χ3v) is 2.34. The predicted molar refractivity (Wildman–Crippen MR) is 61.2 cm³/mol. The van der Waals surface area contributed by atoms with Gasteiger partial charge in [0.15, 0.2) is 0 Å². The third-order valence-electron chi connectivity index (χ3n) is 2.34. The summed E-state index contributed by atoms with van der Waals surface area (Å²) >= 11 is 0. The monoisotopic (exact) mass is 245 g/mol. The Morgan fingerprint density at radius 2 is 1.88 bits per heavy atom. The molecule has 0 aliphatic heterocycles. The lowest BCUT2D eigenvalue weighted by molar-refractivity contribution is -0.143. The van der Waals surface area contributed by atoms with Crippen LogP contribution in [-0.4, -0.2) is 47.0 Å². The fraction of sp³-hybridized carbons (Fsp3) is 0.700. The van der Waals surface area contributed by atoms with Crippen LogP contribution in [-0.2, 0) is 9.59 Å². The largest absolute Gasteiger partial charge is 0.481 e. The highest BCUT2D eigenvalue weighted by atomic mass is 16.4. The average molecular weight is 245 g/mol. The van der Waals surface area contributed by atoms with Crippen molar-refractivity contribution in [2.75, 3.05) is 13.1 Å². The molecule has 0 aliphatic rings. The SMILES string of the molecule is CCN(CC(C)C(=O)O)C(=O)C(C)NC(N)=O. The van der Waals surface area contributed by atoms with Crippen molar-refractivity contribution in [2.45, 2.75) is 26.8 Å². The van der Waals surface area contributed by atoms with Crippen molar-refractivity contribution in [3.05, 3.63) is 0 Å². The van der Waals surface area contributed by atoms with E-state index in [1.54, 1.807) is 6.92 Å². The molecule has 7 nitrogen and oxygen atoms in total. The van der Waals surface area contributed by atoms with Gasteiger partial charge in [-0.1, -0.05) is 6.92 Å². The molecule has 7 heteroatoms. The van der Waals surface area contributed by atoms with Crippen LogP contribution in [0.1, 0.15) is 20.8 Å². The molecule has 17 heavy (non-hydrogen) atoms. The van der Waals surface area contributed by atoms with E-state index in [4.69, 9.17) is 10.8 Å². The van der Waals surface area contributed by atoms with Gasteiger partial charge in [-0.2, -0.15) is 0 Å². The summed E-state index contributed by atoms with van der Waals surface area (Å²) in [5.74, 6) is -1.97. The second-order valence-electron chi connectivity index (χ2n) is 3.85. The van der Waals surface area contributed by atoms with E-state index in [2.05, 4.69) is 5.32 Å². The summed E-state index contributed by atoms with van der Waals surface area (Å²) in [5.41, 5.74) is 4.91. The number of carbonyl (C=O) groups is 3. The molecule has 0 aromatic heterocycles. The Morgan fingerprint density at radius 1 is 1.35 bits per heavy atom. The van der Waals surface area contributed by atoms with Crippen molar-refractivity contribution < 1.29 is 19.5 Å². The number of nitrogens with two attached hydrogens (primary N) is 1. The van der Waals surface area contributed by atoms with Crippen molar-refractivity contribution in [3.63, 3.8) is 0 Å². The first-order chi connectivity index (χ1) is 7.79. The molecule has 3 amide bonds. The van der Waals surface area contributed by atoms with Crippen molar-refractivity contribution in [3.8, 4) is 0 Å². The number of hydrogen-bond acceptors (Lipinski definition) is 3. The van der Waals surface area contributed by atoms with Gasteiger partial charge in [-0.3, -0.25) is 9.59 Å². The molecule has 0 radical (unpaired) electrons. The zero-order valence-electron chi connectivity index (χ0n) is 10.3. The van der Waals surface area contributed by atoms with E-state index < -0.39 is 24.0 Å². The fourth-order valence-electron chi connectivity index (χ4n) is 1.33. The number of aliphatic carboxylic acids is 1. The Labute approximate surface area is 100.0 Å². The number of amides is 3. The Bertz CT molecular complexity index is 306. The van der Waals surface area contributed by atoms with E-state index in [1.807, 2.05) is 0 Å². The maximum atomic E-state index is 11.8. The molecule has 4 N–H and O–H groups in total. The Morgan fingerprint density at radius 3 is 2.24 bits per heavy atom. The summed E-state index contributed by atoms with van der Waals surface area (Å²) in [6, 6.07) is -1.54. The quantitative estimate of drug-likeness (QED) is 0.591. The molecule has 0 saturated carbocycles. The molecule has 0 aliphatic carbocycles. The molecular weight excluding hydrogens is 226 g/mol. The van der Waals surface area contributed by atoms with Gasteiger partial charge in [0, 0.05) is 13.1 Å². The number of carbonyl (C=O) groups excluding carboxylic acids is 2. The highest BCUT2D eigenvalue weighted by molar-refractivity contribution is 5.86. The summed E-state index contributed by atoms with van der Waals surface area (Å²) in [4.78, 5) is 34.5. The Hall–Kier alpha value is -1.79. The van der Waals surface area contributed by atoms with Gasteiger partial charge < -0.3 is 21.1 Å². The van der Waals surface area contributed by atoms with Crippen LogP contribution in [0.5, 0.6) is 0 Å². The number of hydrogen-bond donors (Lipinski definition) is 3. The van der Waals surface area contributed by atoms with E-state index >= 15 is 0 Å². The van der Waals surface area contributed by atoms with Gasteiger partial charge >= 0.3 is 12.0 Å².